The van der Waals surface area contributed by atoms with Crippen molar-refractivity contribution < 1.29 is 4.74 Å². The Morgan fingerprint density at radius 2 is 1.88 bits per heavy atom. The zero-order valence-corrected chi connectivity index (χ0v) is 16.5. The summed E-state index contributed by atoms with van der Waals surface area (Å²) in [5.74, 6) is 1.24. The van der Waals surface area contributed by atoms with E-state index in [1.54, 1.807) is 7.11 Å². The number of rotatable bonds is 6. The summed E-state index contributed by atoms with van der Waals surface area (Å²) in [6, 6.07) is 18.1. The zero-order valence-electron chi connectivity index (χ0n) is 14.2. The molecule has 0 unspecified atom stereocenters. The fourth-order valence-electron chi connectivity index (χ4n) is 2.64. The minimum Gasteiger partial charge on any atom is -0.497 e. The minimum absolute atomic E-state index is 0. The average molecular weight is 450 g/mol. The van der Waals surface area contributed by atoms with E-state index in [2.05, 4.69) is 51.4 Å². The predicted octanol–water partition coefficient (Wildman–Crippen LogP) is 4.08. The van der Waals surface area contributed by atoms with Gasteiger partial charge in [-0.15, -0.1) is 24.0 Å². The van der Waals surface area contributed by atoms with Crippen molar-refractivity contribution in [3.8, 4) is 5.75 Å². The van der Waals surface area contributed by atoms with Gasteiger partial charge in [0.25, 0.3) is 0 Å². The van der Waals surface area contributed by atoms with Crippen LogP contribution in [-0.4, -0.2) is 24.2 Å². The number of halogens is 1. The SMILES string of the molecule is COc1ccc(NC(N)=NCCCn2ccc3ccccc32)cc1.I. The van der Waals surface area contributed by atoms with Gasteiger partial charge >= 0.3 is 0 Å². The smallest absolute Gasteiger partial charge is 0.193 e. The second-order valence-corrected chi connectivity index (χ2v) is 5.54. The van der Waals surface area contributed by atoms with Crippen molar-refractivity contribution in [2.24, 2.45) is 10.7 Å². The molecule has 3 rings (SSSR count). The van der Waals surface area contributed by atoms with Gasteiger partial charge in [-0.3, -0.25) is 4.99 Å². The quantitative estimate of drug-likeness (QED) is 0.258. The van der Waals surface area contributed by atoms with Gasteiger partial charge < -0.3 is 20.4 Å². The molecular formula is C19H23IN4O. The van der Waals surface area contributed by atoms with Crippen LogP contribution in [-0.2, 0) is 6.54 Å². The summed E-state index contributed by atoms with van der Waals surface area (Å²) in [6.45, 7) is 1.61. The molecule has 1 heterocycles. The molecule has 0 aliphatic rings. The number of aryl methyl sites for hydroxylation is 1. The molecule has 0 fully saturated rings. The highest BCUT2D eigenvalue weighted by Crippen LogP contribution is 2.16. The number of aromatic nitrogens is 1. The molecule has 0 aliphatic carbocycles. The number of methoxy groups -OCH3 is 1. The number of nitrogens with one attached hydrogen (secondary N) is 1. The summed E-state index contributed by atoms with van der Waals surface area (Å²) in [5, 5.41) is 4.35. The van der Waals surface area contributed by atoms with Gasteiger partial charge in [-0.25, -0.2) is 0 Å². The number of anilines is 1. The van der Waals surface area contributed by atoms with E-state index in [1.165, 1.54) is 10.9 Å². The molecule has 2 aromatic carbocycles. The number of fused-ring (bicyclic) bond motifs is 1. The molecule has 0 aliphatic heterocycles. The van der Waals surface area contributed by atoms with Crippen LogP contribution in [0.1, 0.15) is 6.42 Å². The van der Waals surface area contributed by atoms with Gasteiger partial charge in [0.05, 0.1) is 7.11 Å². The highest BCUT2D eigenvalue weighted by Gasteiger charge is 2.00. The van der Waals surface area contributed by atoms with Crippen LogP contribution in [0.15, 0.2) is 65.8 Å². The van der Waals surface area contributed by atoms with E-state index in [9.17, 15) is 0 Å². The molecule has 0 atom stereocenters. The number of nitrogens with two attached hydrogens (primary N) is 1. The molecule has 0 bridgehead atoms. The van der Waals surface area contributed by atoms with Crippen LogP contribution in [0, 0.1) is 0 Å². The monoisotopic (exact) mass is 450 g/mol. The maximum atomic E-state index is 5.93. The Balaban J connectivity index is 0.00000225. The standard InChI is InChI=1S/C19H22N4O.HI/c1-24-17-9-7-16(8-10-17)22-19(20)21-12-4-13-23-14-11-15-5-2-3-6-18(15)23;/h2-3,5-11,14H,4,12-13H2,1H3,(H3,20,21,22);1H. The largest absolute Gasteiger partial charge is 0.497 e. The van der Waals surface area contributed by atoms with Gasteiger partial charge in [-0.2, -0.15) is 0 Å². The van der Waals surface area contributed by atoms with Crippen molar-refractivity contribution in [2.45, 2.75) is 13.0 Å². The Bertz CT molecular complexity index is 827. The first kappa shape index (κ1) is 19.1. The van der Waals surface area contributed by atoms with E-state index in [0.29, 0.717) is 12.5 Å². The van der Waals surface area contributed by atoms with Crippen molar-refractivity contribution >= 4 is 46.5 Å². The molecule has 3 N–H and O–H groups in total. The average Bonchev–Trinajstić information content (AvgIpc) is 3.03. The van der Waals surface area contributed by atoms with E-state index in [4.69, 9.17) is 10.5 Å². The summed E-state index contributed by atoms with van der Waals surface area (Å²) < 4.78 is 7.38. The molecule has 1 aromatic heterocycles. The number of aliphatic imine (C=N–C) groups is 1. The summed E-state index contributed by atoms with van der Waals surface area (Å²) in [5.41, 5.74) is 8.08. The summed E-state index contributed by atoms with van der Waals surface area (Å²) in [6.07, 6.45) is 3.05. The third-order valence-corrected chi connectivity index (χ3v) is 3.88. The second kappa shape index (κ2) is 9.31. The number of benzene rings is 2. The third kappa shape index (κ3) is 5.12. The number of ether oxygens (including phenoxy) is 1. The number of hydrogen-bond acceptors (Lipinski definition) is 2. The van der Waals surface area contributed by atoms with Gasteiger partial charge in [0.15, 0.2) is 5.96 Å². The lowest BCUT2D eigenvalue weighted by molar-refractivity contribution is 0.415. The minimum atomic E-state index is 0. The van der Waals surface area contributed by atoms with Gasteiger partial charge in [-0.05, 0) is 48.2 Å². The van der Waals surface area contributed by atoms with Crippen molar-refractivity contribution in [1.29, 1.82) is 0 Å². The molecule has 25 heavy (non-hydrogen) atoms. The summed E-state index contributed by atoms with van der Waals surface area (Å²) in [7, 11) is 1.65. The van der Waals surface area contributed by atoms with Gasteiger partial charge in [0, 0.05) is 30.5 Å². The third-order valence-electron chi connectivity index (χ3n) is 3.88. The Morgan fingerprint density at radius 1 is 1.12 bits per heavy atom. The van der Waals surface area contributed by atoms with E-state index in [0.717, 1.165) is 24.4 Å². The number of nitrogens with zero attached hydrogens (tertiary/aromatic N) is 2. The Labute approximate surface area is 164 Å². The normalized spacial score (nSPS) is 11.2. The molecular weight excluding hydrogens is 427 g/mol. The van der Waals surface area contributed by atoms with Crippen LogP contribution in [0.3, 0.4) is 0 Å². The first-order valence-corrected chi connectivity index (χ1v) is 8.01. The van der Waals surface area contributed by atoms with Gasteiger partial charge in [0.1, 0.15) is 5.75 Å². The fraction of sp³-hybridized carbons (Fsp3) is 0.211. The maximum absolute atomic E-state index is 5.93. The van der Waals surface area contributed by atoms with E-state index >= 15 is 0 Å². The number of guanidine groups is 1. The maximum Gasteiger partial charge on any atom is 0.193 e. The van der Waals surface area contributed by atoms with Crippen LogP contribution in [0.2, 0.25) is 0 Å². The summed E-state index contributed by atoms with van der Waals surface area (Å²) in [4.78, 5) is 4.38. The van der Waals surface area contributed by atoms with Crippen molar-refractivity contribution in [1.82, 2.24) is 4.57 Å². The fourth-order valence-corrected chi connectivity index (χ4v) is 2.64. The first-order chi connectivity index (χ1) is 11.8. The number of para-hydroxylation sites is 1. The Hall–Kier alpha value is -2.22. The topological polar surface area (TPSA) is 64.6 Å². The van der Waals surface area contributed by atoms with Crippen molar-refractivity contribution in [3.63, 3.8) is 0 Å². The highest BCUT2D eigenvalue weighted by atomic mass is 127. The van der Waals surface area contributed by atoms with Crippen LogP contribution < -0.4 is 15.8 Å². The van der Waals surface area contributed by atoms with Gasteiger partial charge in [0.2, 0.25) is 0 Å². The number of hydrogen-bond donors (Lipinski definition) is 2. The van der Waals surface area contributed by atoms with Crippen molar-refractivity contribution in [3.05, 3.63) is 60.8 Å². The van der Waals surface area contributed by atoms with Crippen LogP contribution in [0.4, 0.5) is 5.69 Å². The predicted molar refractivity (Wildman–Crippen MR) is 115 cm³/mol. The molecule has 0 saturated heterocycles. The first-order valence-electron chi connectivity index (χ1n) is 8.01. The molecule has 6 heteroatoms. The van der Waals surface area contributed by atoms with Crippen LogP contribution in [0.5, 0.6) is 5.75 Å². The molecule has 132 valence electrons. The lowest BCUT2D eigenvalue weighted by atomic mass is 10.2. The van der Waals surface area contributed by atoms with Crippen LogP contribution >= 0.6 is 24.0 Å². The van der Waals surface area contributed by atoms with E-state index in [1.807, 2.05) is 24.3 Å². The molecule has 0 radical (unpaired) electrons. The second-order valence-electron chi connectivity index (χ2n) is 5.54. The highest BCUT2D eigenvalue weighted by molar-refractivity contribution is 14.0. The molecule has 5 nitrogen and oxygen atoms in total. The lowest BCUT2D eigenvalue weighted by Crippen LogP contribution is -2.22. The molecule has 0 spiro atoms. The van der Waals surface area contributed by atoms with Crippen molar-refractivity contribution in [2.75, 3.05) is 19.0 Å². The lowest BCUT2D eigenvalue weighted by Gasteiger charge is -2.07. The Morgan fingerprint density at radius 3 is 2.64 bits per heavy atom. The van der Waals surface area contributed by atoms with Crippen LogP contribution in [0.25, 0.3) is 10.9 Å². The van der Waals surface area contributed by atoms with E-state index in [-0.39, 0.29) is 24.0 Å². The van der Waals surface area contributed by atoms with E-state index < -0.39 is 0 Å². The summed E-state index contributed by atoms with van der Waals surface area (Å²) >= 11 is 0. The van der Waals surface area contributed by atoms with Gasteiger partial charge in [-0.1, -0.05) is 18.2 Å². The zero-order chi connectivity index (χ0) is 16.8. The molecule has 0 saturated carbocycles. The molecule has 0 amide bonds. The Kier molecular flexibility index (Phi) is 7.12. The molecule has 3 aromatic rings.